The van der Waals surface area contributed by atoms with E-state index < -0.39 is 0 Å². The van der Waals surface area contributed by atoms with Crippen molar-refractivity contribution in [3.05, 3.63) is 35.6 Å². The number of carbonyl (C=O) groups excluding carboxylic acids is 1. The van der Waals surface area contributed by atoms with Crippen molar-refractivity contribution in [1.82, 2.24) is 0 Å². The summed E-state index contributed by atoms with van der Waals surface area (Å²) in [6.45, 7) is 4.32. The van der Waals surface area contributed by atoms with Gasteiger partial charge in [0.2, 0.25) is 0 Å². The third-order valence-corrected chi connectivity index (χ3v) is 2.74. The molecule has 0 saturated carbocycles. The Labute approximate surface area is 90.3 Å². The third kappa shape index (κ3) is 2.04. The van der Waals surface area contributed by atoms with E-state index in [-0.39, 0.29) is 11.9 Å². The van der Waals surface area contributed by atoms with Crippen LogP contribution in [0.15, 0.2) is 35.6 Å². The molecule has 0 N–H and O–H groups in total. The SMILES string of the molecule is CC(C)C/C=C1/OC(=O)C2=CC=CCC21. The highest BCUT2D eigenvalue weighted by Crippen LogP contribution is 2.36. The number of rotatable bonds is 2. The van der Waals surface area contributed by atoms with Gasteiger partial charge in [-0.05, 0) is 24.8 Å². The Morgan fingerprint density at radius 1 is 1.60 bits per heavy atom. The fourth-order valence-electron chi connectivity index (χ4n) is 1.88. The van der Waals surface area contributed by atoms with Crippen LogP contribution in [-0.2, 0) is 9.53 Å². The second-order valence-electron chi connectivity index (χ2n) is 4.46. The van der Waals surface area contributed by atoms with Crippen LogP contribution in [0.5, 0.6) is 0 Å². The molecule has 1 atom stereocenters. The van der Waals surface area contributed by atoms with Gasteiger partial charge in [-0.2, -0.15) is 0 Å². The van der Waals surface area contributed by atoms with E-state index >= 15 is 0 Å². The summed E-state index contributed by atoms with van der Waals surface area (Å²) in [4.78, 5) is 11.5. The number of hydrogen-bond donors (Lipinski definition) is 0. The van der Waals surface area contributed by atoms with E-state index in [0.29, 0.717) is 5.92 Å². The number of fused-ring (bicyclic) bond motifs is 1. The Kier molecular flexibility index (Phi) is 2.76. The number of allylic oxidation sites excluding steroid dienone is 5. The second kappa shape index (κ2) is 4.05. The van der Waals surface area contributed by atoms with Crippen molar-refractivity contribution in [3.8, 4) is 0 Å². The van der Waals surface area contributed by atoms with Gasteiger partial charge in [0.25, 0.3) is 0 Å². The van der Waals surface area contributed by atoms with Crippen molar-refractivity contribution in [1.29, 1.82) is 0 Å². The van der Waals surface area contributed by atoms with E-state index in [1.54, 1.807) is 0 Å². The van der Waals surface area contributed by atoms with Gasteiger partial charge in [0.15, 0.2) is 0 Å². The first-order valence-electron chi connectivity index (χ1n) is 5.47. The first-order valence-corrected chi connectivity index (χ1v) is 5.47. The lowest BCUT2D eigenvalue weighted by Gasteiger charge is -2.10. The normalized spacial score (nSPS) is 26.9. The summed E-state index contributed by atoms with van der Waals surface area (Å²) >= 11 is 0. The summed E-state index contributed by atoms with van der Waals surface area (Å²) in [5.74, 6) is 1.47. The quantitative estimate of drug-likeness (QED) is 0.646. The Balaban J connectivity index is 2.17. The van der Waals surface area contributed by atoms with Gasteiger partial charge in [0.1, 0.15) is 5.76 Å². The topological polar surface area (TPSA) is 26.3 Å². The molecule has 0 radical (unpaired) electrons. The molecule has 1 saturated heterocycles. The molecule has 0 aromatic rings. The van der Waals surface area contributed by atoms with Gasteiger partial charge in [0.05, 0.1) is 5.92 Å². The predicted octanol–water partition coefficient (Wildman–Crippen LogP) is 2.98. The Hall–Kier alpha value is -1.31. The molecule has 1 aliphatic carbocycles. The molecule has 2 nitrogen and oxygen atoms in total. The van der Waals surface area contributed by atoms with E-state index in [1.807, 2.05) is 12.2 Å². The zero-order valence-electron chi connectivity index (χ0n) is 9.19. The highest BCUT2D eigenvalue weighted by atomic mass is 16.5. The average Bonchev–Trinajstić information content (AvgIpc) is 2.54. The van der Waals surface area contributed by atoms with Crippen LogP contribution in [0, 0.1) is 11.8 Å². The van der Waals surface area contributed by atoms with Crippen molar-refractivity contribution < 1.29 is 9.53 Å². The Morgan fingerprint density at radius 3 is 3.13 bits per heavy atom. The lowest BCUT2D eigenvalue weighted by atomic mass is 9.91. The number of esters is 1. The maximum atomic E-state index is 11.5. The van der Waals surface area contributed by atoms with Crippen LogP contribution in [-0.4, -0.2) is 5.97 Å². The van der Waals surface area contributed by atoms with Crippen LogP contribution in [0.25, 0.3) is 0 Å². The first-order chi connectivity index (χ1) is 7.18. The van der Waals surface area contributed by atoms with Gasteiger partial charge in [-0.15, -0.1) is 0 Å². The summed E-state index contributed by atoms with van der Waals surface area (Å²) < 4.78 is 5.27. The van der Waals surface area contributed by atoms with Crippen molar-refractivity contribution >= 4 is 5.97 Å². The highest BCUT2D eigenvalue weighted by molar-refractivity contribution is 5.94. The van der Waals surface area contributed by atoms with Crippen LogP contribution >= 0.6 is 0 Å². The van der Waals surface area contributed by atoms with Gasteiger partial charge in [-0.1, -0.05) is 32.1 Å². The van der Waals surface area contributed by atoms with Gasteiger partial charge in [-0.3, -0.25) is 0 Å². The number of cyclic esters (lactones) is 1. The molecular weight excluding hydrogens is 188 g/mol. The first kappa shape index (κ1) is 10.2. The maximum Gasteiger partial charge on any atom is 0.339 e. The third-order valence-electron chi connectivity index (χ3n) is 2.74. The van der Waals surface area contributed by atoms with Gasteiger partial charge < -0.3 is 4.74 Å². The zero-order valence-corrected chi connectivity index (χ0v) is 9.19. The maximum absolute atomic E-state index is 11.5. The minimum absolute atomic E-state index is 0.167. The van der Waals surface area contributed by atoms with Crippen molar-refractivity contribution in [2.45, 2.75) is 26.7 Å². The lowest BCUT2D eigenvalue weighted by Crippen LogP contribution is -2.04. The van der Waals surface area contributed by atoms with E-state index in [2.05, 4.69) is 26.0 Å². The molecule has 2 rings (SSSR count). The van der Waals surface area contributed by atoms with Crippen LogP contribution in [0.3, 0.4) is 0 Å². The molecule has 2 heteroatoms. The molecule has 0 amide bonds. The van der Waals surface area contributed by atoms with Crippen molar-refractivity contribution in [2.75, 3.05) is 0 Å². The average molecular weight is 204 g/mol. The fourth-order valence-corrected chi connectivity index (χ4v) is 1.88. The number of ether oxygens (including phenoxy) is 1. The Morgan fingerprint density at radius 2 is 2.40 bits per heavy atom. The van der Waals surface area contributed by atoms with Crippen LogP contribution < -0.4 is 0 Å². The zero-order chi connectivity index (χ0) is 10.8. The van der Waals surface area contributed by atoms with Crippen LogP contribution in [0.2, 0.25) is 0 Å². The standard InChI is InChI=1S/C13H16O2/c1-9(2)7-8-12-10-5-3-4-6-11(10)13(14)15-12/h3-4,6,8-10H,5,7H2,1-2H3/b12-8+. The molecular formula is C13H16O2. The molecule has 1 heterocycles. The largest absolute Gasteiger partial charge is 0.427 e. The molecule has 1 aliphatic heterocycles. The summed E-state index contributed by atoms with van der Waals surface area (Å²) in [7, 11) is 0. The highest BCUT2D eigenvalue weighted by Gasteiger charge is 2.35. The molecule has 2 aliphatic rings. The summed E-state index contributed by atoms with van der Waals surface area (Å²) in [5.41, 5.74) is 0.813. The summed E-state index contributed by atoms with van der Waals surface area (Å²) in [5, 5.41) is 0. The van der Waals surface area contributed by atoms with E-state index in [9.17, 15) is 4.79 Å². The smallest absolute Gasteiger partial charge is 0.339 e. The van der Waals surface area contributed by atoms with Crippen molar-refractivity contribution in [3.63, 3.8) is 0 Å². The second-order valence-corrected chi connectivity index (χ2v) is 4.46. The van der Waals surface area contributed by atoms with E-state index in [4.69, 9.17) is 4.74 Å². The number of hydrogen-bond acceptors (Lipinski definition) is 2. The van der Waals surface area contributed by atoms with E-state index in [1.165, 1.54) is 0 Å². The van der Waals surface area contributed by atoms with Crippen LogP contribution in [0.4, 0.5) is 0 Å². The summed E-state index contributed by atoms with van der Waals surface area (Å²) in [6.07, 6.45) is 9.80. The van der Waals surface area contributed by atoms with Crippen molar-refractivity contribution in [2.24, 2.45) is 11.8 Å². The predicted molar refractivity (Wildman–Crippen MR) is 59.0 cm³/mol. The van der Waals surface area contributed by atoms with Crippen LogP contribution in [0.1, 0.15) is 26.7 Å². The van der Waals surface area contributed by atoms with E-state index in [0.717, 1.165) is 24.2 Å². The lowest BCUT2D eigenvalue weighted by molar-refractivity contribution is -0.132. The monoisotopic (exact) mass is 204 g/mol. The molecule has 1 fully saturated rings. The molecule has 0 bridgehead atoms. The van der Waals surface area contributed by atoms with Gasteiger partial charge >= 0.3 is 5.97 Å². The molecule has 0 aromatic heterocycles. The minimum Gasteiger partial charge on any atom is -0.427 e. The molecule has 80 valence electrons. The van der Waals surface area contributed by atoms with Gasteiger partial charge in [0, 0.05) is 5.57 Å². The fraction of sp³-hybridized carbons (Fsp3) is 0.462. The molecule has 1 unspecified atom stereocenters. The summed E-state index contributed by atoms with van der Waals surface area (Å²) in [6, 6.07) is 0. The van der Waals surface area contributed by atoms with Gasteiger partial charge in [-0.25, -0.2) is 4.79 Å². The number of carbonyl (C=O) groups is 1. The molecule has 15 heavy (non-hydrogen) atoms. The minimum atomic E-state index is -0.167. The Bertz CT molecular complexity index is 359. The molecule has 0 spiro atoms. The molecule has 0 aromatic carbocycles.